The number of carboxylic acids is 1. The average Bonchev–Trinajstić information content (AvgIpc) is 3.25. The molecule has 1 aliphatic heterocycles. The van der Waals surface area contributed by atoms with Crippen LogP contribution in [0.5, 0.6) is 0 Å². The maximum Gasteiger partial charge on any atom is 0.356 e. The van der Waals surface area contributed by atoms with Crippen LogP contribution in [0.1, 0.15) is 16.9 Å². The summed E-state index contributed by atoms with van der Waals surface area (Å²) in [5.74, 6) is -0.487. The summed E-state index contributed by atoms with van der Waals surface area (Å²) in [6, 6.07) is 3.34. The highest BCUT2D eigenvalue weighted by Crippen LogP contribution is 2.26. The average molecular weight is 368 g/mol. The lowest BCUT2D eigenvalue weighted by Gasteiger charge is -2.15. The minimum Gasteiger partial charge on any atom is -0.476 e. The monoisotopic (exact) mass is 368 g/mol. The molecule has 0 radical (unpaired) electrons. The Balaban J connectivity index is 1.56. The molecule has 0 spiro atoms. The Kier molecular flexibility index (Phi) is 4.78. The molecule has 2 N–H and O–H groups in total. The Morgan fingerprint density at radius 3 is 2.88 bits per heavy atom. The van der Waals surface area contributed by atoms with E-state index in [4.69, 9.17) is 5.11 Å². The van der Waals surface area contributed by atoms with Crippen LogP contribution >= 0.6 is 11.3 Å². The van der Waals surface area contributed by atoms with E-state index in [1.165, 1.54) is 28.0 Å². The summed E-state index contributed by atoms with van der Waals surface area (Å²) in [7, 11) is -3.40. The minimum atomic E-state index is -3.40. The Morgan fingerprint density at radius 2 is 2.25 bits per heavy atom. The van der Waals surface area contributed by atoms with Gasteiger partial charge < -0.3 is 10.4 Å². The van der Waals surface area contributed by atoms with Crippen LogP contribution in [0.25, 0.3) is 0 Å². The number of nitrogens with one attached hydrogen (secondary N) is 1. The van der Waals surface area contributed by atoms with Crippen molar-refractivity contribution in [2.75, 3.05) is 25.0 Å². The molecule has 2 aromatic rings. The molecule has 10 heteroatoms. The molecule has 1 fully saturated rings. The normalized spacial score (nSPS) is 18.6. The lowest BCUT2D eigenvalue weighted by Crippen LogP contribution is -2.29. The van der Waals surface area contributed by atoms with Gasteiger partial charge in [0, 0.05) is 19.6 Å². The summed E-state index contributed by atoms with van der Waals surface area (Å²) in [5.41, 5.74) is -0.116. The molecule has 1 saturated heterocycles. The van der Waals surface area contributed by atoms with Crippen LogP contribution in [0.2, 0.25) is 0 Å². The van der Waals surface area contributed by atoms with E-state index in [9.17, 15) is 13.2 Å². The van der Waals surface area contributed by atoms with E-state index in [0.29, 0.717) is 29.7 Å². The van der Waals surface area contributed by atoms with Gasteiger partial charge in [-0.25, -0.2) is 23.2 Å². The van der Waals surface area contributed by atoms with E-state index in [1.54, 1.807) is 17.5 Å². The summed E-state index contributed by atoms with van der Waals surface area (Å²) in [5, 5.41) is 13.6. The first kappa shape index (κ1) is 16.8. The second-order valence-corrected chi connectivity index (χ2v) is 8.54. The maximum absolute atomic E-state index is 12.5. The second-order valence-electron chi connectivity index (χ2n) is 5.42. The van der Waals surface area contributed by atoms with Crippen molar-refractivity contribution in [3.8, 4) is 0 Å². The smallest absolute Gasteiger partial charge is 0.356 e. The van der Waals surface area contributed by atoms with Crippen molar-refractivity contribution in [2.24, 2.45) is 5.92 Å². The first-order valence-corrected chi connectivity index (χ1v) is 9.61. The van der Waals surface area contributed by atoms with Crippen molar-refractivity contribution in [2.45, 2.75) is 10.6 Å². The first-order chi connectivity index (χ1) is 11.5. The van der Waals surface area contributed by atoms with Crippen LogP contribution in [0.15, 0.2) is 34.1 Å². The van der Waals surface area contributed by atoms with Crippen LogP contribution in [0.3, 0.4) is 0 Å². The van der Waals surface area contributed by atoms with Crippen LogP contribution in [-0.4, -0.2) is 53.4 Å². The molecule has 2 aromatic heterocycles. The molecule has 0 aliphatic carbocycles. The number of nitrogens with zero attached hydrogens (tertiary/aromatic N) is 3. The van der Waals surface area contributed by atoms with Gasteiger partial charge in [0.25, 0.3) is 10.0 Å². The zero-order valence-electron chi connectivity index (χ0n) is 12.6. The van der Waals surface area contributed by atoms with E-state index in [1.807, 2.05) is 0 Å². The SMILES string of the molecule is O=C(O)c1cnc(NCC2CCN(S(=O)(=O)c3cccs3)C2)cn1. The predicted octanol–water partition coefficient (Wildman–Crippen LogP) is 1.36. The number of carboxylic acid groups (broad SMARTS) is 1. The molecule has 0 saturated carbocycles. The molecule has 3 heterocycles. The summed E-state index contributed by atoms with van der Waals surface area (Å²) in [6.45, 7) is 1.50. The van der Waals surface area contributed by atoms with E-state index in [2.05, 4.69) is 15.3 Å². The fourth-order valence-corrected chi connectivity index (χ4v) is 5.17. The largest absolute Gasteiger partial charge is 0.476 e. The van der Waals surface area contributed by atoms with Crippen LogP contribution in [-0.2, 0) is 10.0 Å². The first-order valence-electron chi connectivity index (χ1n) is 7.29. The lowest BCUT2D eigenvalue weighted by atomic mass is 10.1. The molecule has 24 heavy (non-hydrogen) atoms. The van der Waals surface area contributed by atoms with Crippen molar-refractivity contribution >= 4 is 33.1 Å². The van der Waals surface area contributed by atoms with Crippen molar-refractivity contribution in [1.82, 2.24) is 14.3 Å². The van der Waals surface area contributed by atoms with Crippen molar-refractivity contribution in [3.63, 3.8) is 0 Å². The molecule has 1 aliphatic rings. The van der Waals surface area contributed by atoms with Gasteiger partial charge in [0.1, 0.15) is 10.0 Å². The van der Waals surface area contributed by atoms with Gasteiger partial charge in [-0.3, -0.25) is 0 Å². The highest BCUT2D eigenvalue weighted by atomic mass is 32.2. The number of aromatic carboxylic acids is 1. The Labute approximate surface area is 143 Å². The highest BCUT2D eigenvalue weighted by Gasteiger charge is 2.32. The van der Waals surface area contributed by atoms with Crippen molar-refractivity contribution in [3.05, 3.63) is 35.6 Å². The molecule has 3 rings (SSSR count). The number of hydrogen-bond donors (Lipinski definition) is 2. The third-order valence-electron chi connectivity index (χ3n) is 3.78. The van der Waals surface area contributed by atoms with Gasteiger partial charge >= 0.3 is 5.97 Å². The minimum absolute atomic E-state index is 0.116. The van der Waals surface area contributed by atoms with Gasteiger partial charge in [-0.2, -0.15) is 4.31 Å². The lowest BCUT2D eigenvalue weighted by molar-refractivity contribution is 0.0690. The molecular weight excluding hydrogens is 352 g/mol. The number of carbonyl (C=O) groups is 1. The second kappa shape index (κ2) is 6.83. The summed E-state index contributed by atoms with van der Waals surface area (Å²) >= 11 is 1.22. The van der Waals surface area contributed by atoms with Crippen LogP contribution < -0.4 is 5.32 Å². The summed E-state index contributed by atoms with van der Waals surface area (Å²) in [6.07, 6.45) is 3.31. The molecule has 0 amide bonds. The Hall–Kier alpha value is -2.04. The molecule has 8 nitrogen and oxygen atoms in total. The van der Waals surface area contributed by atoms with Crippen molar-refractivity contribution < 1.29 is 18.3 Å². The van der Waals surface area contributed by atoms with Crippen LogP contribution in [0, 0.1) is 5.92 Å². The van der Waals surface area contributed by atoms with Gasteiger partial charge in [0.2, 0.25) is 0 Å². The molecule has 128 valence electrons. The Bertz CT molecular complexity index is 806. The number of anilines is 1. The quantitative estimate of drug-likeness (QED) is 0.791. The van der Waals surface area contributed by atoms with Gasteiger partial charge in [0.15, 0.2) is 5.69 Å². The summed E-state index contributed by atoms with van der Waals surface area (Å²) in [4.78, 5) is 18.5. The number of rotatable bonds is 6. The fraction of sp³-hybridized carbons (Fsp3) is 0.357. The number of aromatic nitrogens is 2. The number of sulfonamides is 1. The van der Waals surface area contributed by atoms with Gasteiger partial charge in [0.05, 0.1) is 12.4 Å². The number of thiophene rings is 1. The Morgan fingerprint density at radius 1 is 1.42 bits per heavy atom. The van der Waals surface area contributed by atoms with Gasteiger partial charge in [-0.1, -0.05) is 6.07 Å². The van der Waals surface area contributed by atoms with E-state index in [-0.39, 0.29) is 11.6 Å². The highest BCUT2D eigenvalue weighted by molar-refractivity contribution is 7.91. The predicted molar refractivity (Wildman–Crippen MR) is 88.7 cm³/mol. The zero-order valence-corrected chi connectivity index (χ0v) is 14.3. The fourth-order valence-electron chi connectivity index (χ4n) is 2.50. The molecule has 0 bridgehead atoms. The van der Waals surface area contributed by atoms with Gasteiger partial charge in [-0.05, 0) is 23.8 Å². The van der Waals surface area contributed by atoms with Crippen LogP contribution in [0.4, 0.5) is 5.82 Å². The third kappa shape index (κ3) is 3.55. The third-order valence-corrected chi connectivity index (χ3v) is 7.02. The molecular formula is C14H16N4O4S2. The summed E-state index contributed by atoms with van der Waals surface area (Å²) < 4.78 is 26.8. The van der Waals surface area contributed by atoms with Crippen molar-refractivity contribution in [1.29, 1.82) is 0 Å². The molecule has 0 aromatic carbocycles. The maximum atomic E-state index is 12.5. The number of hydrogen-bond acceptors (Lipinski definition) is 7. The van der Waals surface area contributed by atoms with E-state index in [0.717, 1.165) is 6.42 Å². The molecule has 1 atom stereocenters. The zero-order chi connectivity index (χ0) is 17.2. The van der Waals surface area contributed by atoms with E-state index >= 15 is 0 Å². The standard InChI is InChI=1S/C14H16N4O4S2/c19-14(20)11-7-17-12(8-15-11)16-6-10-3-4-18(9-10)24(21,22)13-2-1-5-23-13/h1-2,5,7-8,10H,3-4,6,9H2,(H,16,17)(H,19,20). The van der Waals surface area contributed by atoms with Gasteiger partial charge in [-0.15, -0.1) is 11.3 Å². The molecule has 1 unspecified atom stereocenters. The van der Waals surface area contributed by atoms with E-state index < -0.39 is 16.0 Å². The topological polar surface area (TPSA) is 112 Å².